The van der Waals surface area contributed by atoms with Gasteiger partial charge in [0, 0.05) is 18.2 Å². The molecule has 3 aromatic rings. The molecule has 0 aliphatic rings. The maximum atomic E-state index is 13.2. The molecule has 29 heavy (non-hydrogen) atoms. The van der Waals surface area contributed by atoms with E-state index < -0.39 is 0 Å². The molecule has 1 aromatic heterocycles. The van der Waals surface area contributed by atoms with Crippen LogP contribution in [0.25, 0.3) is 10.6 Å². The molecule has 0 saturated carbocycles. The van der Waals surface area contributed by atoms with Gasteiger partial charge in [0.1, 0.15) is 5.01 Å². The number of nitrogens with zero attached hydrogens (tertiary/aromatic N) is 3. The Hall–Kier alpha value is -2.97. The second-order valence-electron chi connectivity index (χ2n) is 6.28. The number of benzene rings is 2. The molecule has 0 N–H and O–H groups in total. The van der Waals surface area contributed by atoms with Crippen molar-refractivity contribution in [3.8, 4) is 22.1 Å². The Morgan fingerprint density at radius 2 is 1.72 bits per heavy atom. The van der Waals surface area contributed by atoms with E-state index in [1.807, 2.05) is 31.2 Å². The third kappa shape index (κ3) is 4.72. The summed E-state index contributed by atoms with van der Waals surface area (Å²) < 4.78 is 15.8. The zero-order valence-electron chi connectivity index (χ0n) is 16.8. The number of carbonyl (C=O) groups excluding carboxylic acids is 1. The summed E-state index contributed by atoms with van der Waals surface area (Å²) in [5.41, 5.74) is 2.60. The summed E-state index contributed by atoms with van der Waals surface area (Å²) in [6.07, 6.45) is 0. The molecule has 0 aliphatic carbocycles. The van der Waals surface area contributed by atoms with Gasteiger partial charge in [-0.2, -0.15) is 0 Å². The maximum absolute atomic E-state index is 13.2. The van der Waals surface area contributed by atoms with Gasteiger partial charge in [0.2, 0.25) is 5.13 Å². The number of rotatable bonds is 8. The van der Waals surface area contributed by atoms with Crippen molar-refractivity contribution in [1.29, 1.82) is 0 Å². The zero-order valence-corrected chi connectivity index (χ0v) is 17.7. The van der Waals surface area contributed by atoms with Gasteiger partial charge in [0.25, 0.3) is 5.91 Å². The molecule has 0 unspecified atom stereocenters. The van der Waals surface area contributed by atoms with E-state index in [-0.39, 0.29) is 5.91 Å². The van der Waals surface area contributed by atoms with Gasteiger partial charge < -0.3 is 14.2 Å². The third-order valence-electron chi connectivity index (χ3n) is 4.34. The number of carbonyl (C=O) groups is 1. The number of amides is 1. The number of methoxy groups -OCH3 is 3. The summed E-state index contributed by atoms with van der Waals surface area (Å²) in [5.74, 6) is 0.835. The molecule has 0 aliphatic heterocycles. The highest BCUT2D eigenvalue weighted by molar-refractivity contribution is 7.18. The fraction of sp³-hybridized carbons (Fsp3) is 0.286. The largest absolute Gasteiger partial charge is 0.493 e. The fourth-order valence-corrected chi connectivity index (χ4v) is 3.60. The van der Waals surface area contributed by atoms with E-state index in [4.69, 9.17) is 14.2 Å². The summed E-state index contributed by atoms with van der Waals surface area (Å²) >= 11 is 1.36. The molecule has 0 fully saturated rings. The van der Waals surface area contributed by atoms with Crippen LogP contribution in [-0.2, 0) is 4.74 Å². The standard InChI is InChI=1S/C21H23N3O4S/c1-14-5-7-15(8-6-14)19-22-23-21(29-19)24(11-12-26-2)20(25)16-9-10-17(27-3)18(13-16)28-4/h5-10,13H,11-12H2,1-4H3. The van der Waals surface area contributed by atoms with E-state index in [1.165, 1.54) is 24.0 Å². The van der Waals surface area contributed by atoms with Crippen molar-refractivity contribution >= 4 is 22.4 Å². The molecule has 1 heterocycles. The molecule has 2 aromatic carbocycles. The van der Waals surface area contributed by atoms with Crippen LogP contribution in [0.3, 0.4) is 0 Å². The Balaban J connectivity index is 1.92. The van der Waals surface area contributed by atoms with Crippen LogP contribution in [0.2, 0.25) is 0 Å². The van der Waals surface area contributed by atoms with Gasteiger partial charge in [0.05, 0.1) is 27.4 Å². The van der Waals surface area contributed by atoms with Crippen molar-refractivity contribution in [2.45, 2.75) is 6.92 Å². The smallest absolute Gasteiger partial charge is 0.260 e. The van der Waals surface area contributed by atoms with Crippen LogP contribution >= 0.6 is 11.3 Å². The third-order valence-corrected chi connectivity index (χ3v) is 5.33. The van der Waals surface area contributed by atoms with Crippen LogP contribution in [0.4, 0.5) is 5.13 Å². The van der Waals surface area contributed by atoms with Crippen LogP contribution in [0, 0.1) is 6.92 Å². The topological polar surface area (TPSA) is 73.8 Å². The van der Waals surface area contributed by atoms with E-state index >= 15 is 0 Å². The van der Waals surface area contributed by atoms with Crippen molar-refractivity contribution in [2.75, 3.05) is 39.4 Å². The van der Waals surface area contributed by atoms with Crippen LogP contribution in [-0.4, -0.2) is 50.6 Å². The second kappa shape index (κ2) is 9.49. The quantitative estimate of drug-likeness (QED) is 0.559. The Labute approximate surface area is 173 Å². The van der Waals surface area contributed by atoms with E-state index in [1.54, 1.807) is 37.3 Å². The summed E-state index contributed by atoms with van der Waals surface area (Å²) in [7, 11) is 4.68. The minimum absolute atomic E-state index is 0.213. The molecule has 7 nitrogen and oxygen atoms in total. The second-order valence-corrected chi connectivity index (χ2v) is 7.23. The summed E-state index contributed by atoms with van der Waals surface area (Å²) in [5, 5.41) is 9.79. The molecule has 0 spiro atoms. The van der Waals surface area contributed by atoms with Gasteiger partial charge in [-0.05, 0) is 25.1 Å². The normalized spacial score (nSPS) is 10.6. The minimum atomic E-state index is -0.213. The van der Waals surface area contributed by atoms with Crippen LogP contribution in [0.15, 0.2) is 42.5 Å². The molecular formula is C21H23N3O4S. The lowest BCUT2D eigenvalue weighted by atomic mass is 10.1. The first kappa shape index (κ1) is 20.8. The summed E-state index contributed by atoms with van der Waals surface area (Å²) in [6, 6.07) is 13.1. The lowest BCUT2D eigenvalue weighted by Gasteiger charge is -2.19. The SMILES string of the molecule is COCCN(C(=O)c1ccc(OC)c(OC)c1)c1nnc(-c2ccc(C)cc2)s1. The van der Waals surface area contributed by atoms with Gasteiger partial charge in [-0.25, -0.2) is 0 Å². The first-order valence-electron chi connectivity index (χ1n) is 9.00. The van der Waals surface area contributed by atoms with Crippen molar-refractivity contribution in [3.63, 3.8) is 0 Å². The number of hydrogen-bond acceptors (Lipinski definition) is 7. The Bertz CT molecular complexity index is 972. The molecule has 3 rings (SSSR count). The number of aromatic nitrogens is 2. The average molecular weight is 413 g/mol. The molecule has 0 radical (unpaired) electrons. The highest BCUT2D eigenvalue weighted by Crippen LogP contribution is 2.32. The highest BCUT2D eigenvalue weighted by Gasteiger charge is 2.23. The van der Waals surface area contributed by atoms with Crippen molar-refractivity contribution < 1.29 is 19.0 Å². The Morgan fingerprint density at radius 1 is 1.00 bits per heavy atom. The van der Waals surface area contributed by atoms with Crippen molar-refractivity contribution in [1.82, 2.24) is 10.2 Å². The van der Waals surface area contributed by atoms with Gasteiger partial charge in [-0.3, -0.25) is 9.69 Å². The first-order chi connectivity index (χ1) is 14.1. The lowest BCUT2D eigenvalue weighted by molar-refractivity contribution is 0.0975. The summed E-state index contributed by atoms with van der Waals surface area (Å²) in [6.45, 7) is 2.76. The van der Waals surface area contributed by atoms with Crippen molar-refractivity contribution in [2.24, 2.45) is 0 Å². The molecule has 152 valence electrons. The number of aryl methyl sites for hydroxylation is 1. The van der Waals surface area contributed by atoms with Gasteiger partial charge in [0.15, 0.2) is 11.5 Å². The number of ether oxygens (including phenoxy) is 3. The van der Waals surface area contributed by atoms with E-state index in [2.05, 4.69) is 10.2 Å². The van der Waals surface area contributed by atoms with Crippen LogP contribution < -0.4 is 14.4 Å². The molecule has 1 amide bonds. The fourth-order valence-electron chi connectivity index (χ4n) is 2.73. The predicted molar refractivity (Wildman–Crippen MR) is 113 cm³/mol. The van der Waals surface area contributed by atoms with E-state index in [0.29, 0.717) is 35.3 Å². The van der Waals surface area contributed by atoms with Crippen molar-refractivity contribution in [3.05, 3.63) is 53.6 Å². The maximum Gasteiger partial charge on any atom is 0.260 e. The zero-order chi connectivity index (χ0) is 20.8. The van der Waals surface area contributed by atoms with Gasteiger partial charge in [-0.15, -0.1) is 10.2 Å². The minimum Gasteiger partial charge on any atom is -0.493 e. The van der Waals surface area contributed by atoms with E-state index in [9.17, 15) is 4.79 Å². The molecule has 0 atom stereocenters. The first-order valence-corrected chi connectivity index (χ1v) is 9.82. The monoisotopic (exact) mass is 413 g/mol. The molecule has 8 heteroatoms. The number of anilines is 1. The molecule has 0 bridgehead atoms. The van der Waals surface area contributed by atoms with Gasteiger partial charge >= 0.3 is 0 Å². The van der Waals surface area contributed by atoms with E-state index in [0.717, 1.165) is 10.6 Å². The highest BCUT2D eigenvalue weighted by atomic mass is 32.1. The Kier molecular flexibility index (Phi) is 6.79. The van der Waals surface area contributed by atoms with Gasteiger partial charge in [-0.1, -0.05) is 41.2 Å². The summed E-state index contributed by atoms with van der Waals surface area (Å²) in [4.78, 5) is 14.8. The Morgan fingerprint density at radius 3 is 2.38 bits per heavy atom. The molecule has 0 saturated heterocycles. The average Bonchev–Trinajstić information content (AvgIpc) is 3.23. The molecular weight excluding hydrogens is 390 g/mol. The van der Waals surface area contributed by atoms with Crippen LogP contribution in [0.5, 0.6) is 11.5 Å². The van der Waals surface area contributed by atoms with Crippen LogP contribution in [0.1, 0.15) is 15.9 Å². The lowest BCUT2D eigenvalue weighted by Crippen LogP contribution is -2.34. The predicted octanol–water partition coefficient (Wildman–Crippen LogP) is 3.82. The number of hydrogen-bond donors (Lipinski definition) is 0.